The van der Waals surface area contributed by atoms with Crippen LogP contribution in [-0.2, 0) is 15.7 Å². The lowest BCUT2D eigenvalue weighted by molar-refractivity contribution is -0.138. The van der Waals surface area contributed by atoms with Crippen LogP contribution in [0.25, 0.3) is 0 Å². The van der Waals surface area contributed by atoms with E-state index in [1.54, 1.807) is 0 Å². The highest BCUT2D eigenvalue weighted by atomic mass is 32.1. The van der Waals surface area contributed by atoms with Crippen molar-refractivity contribution in [1.29, 1.82) is 0 Å². The zero-order chi connectivity index (χ0) is 18.2. The van der Waals surface area contributed by atoms with Gasteiger partial charge < -0.3 is 9.47 Å². The van der Waals surface area contributed by atoms with Crippen LogP contribution in [0, 0.1) is 0 Å². The quantitative estimate of drug-likeness (QED) is 0.623. The Morgan fingerprint density at radius 1 is 1.28 bits per heavy atom. The largest absolute Gasteiger partial charge is 0.492 e. The smallest absolute Gasteiger partial charge is 0.416 e. The number of fused-ring (bicyclic) bond motifs is 1. The molecular weight excluding hydrogens is 357 g/mol. The lowest BCUT2D eigenvalue weighted by atomic mass is 9.95. The van der Waals surface area contributed by atoms with Crippen LogP contribution in [0.3, 0.4) is 0 Å². The molecule has 1 aliphatic carbocycles. The van der Waals surface area contributed by atoms with Crippen molar-refractivity contribution in [2.75, 3.05) is 6.61 Å². The summed E-state index contributed by atoms with van der Waals surface area (Å²) in [6, 6.07) is 1.88. The first kappa shape index (κ1) is 17.8. The molecule has 0 aromatic heterocycles. The number of esters is 1. The van der Waals surface area contributed by atoms with E-state index in [9.17, 15) is 22.8 Å². The van der Waals surface area contributed by atoms with Gasteiger partial charge in [0.25, 0.3) is 0 Å². The highest BCUT2D eigenvalue weighted by Crippen LogP contribution is 2.46. The molecule has 25 heavy (non-hydrogen) atoms. The van der Waals surface area contributed by atoms with Gasteiger partial charge in [-0.1, -0.05) is 0 Å². The average molecular weight is 372 g/mol. The van der Waals surface area contributed by atoms with Gasteiger partial charge >= 0.3 is 12.1 Å². The summed E-state index contributed by atoms with van der Waals surface area (Å²) in [6.45, 7) is 0.157. The summed E-state index contributed by atoms with van der Waals surface area (Å²) >= 11 is 4.21. The first-order valence-electron chi connectivity index (χ1n) is 7.78. The van der Waals surface area contributed by atoms with Gasteiger partial charge in [0, 0.05) is 29.7 Å². The second kappa shape index (κ2) is 6.74. The molecule has 0 radical (unpaired) electrons. The number of halogens is 3. The van der Waals surface area contributed by atoms with Crippen LogP contribution in [0.15, 0.2) is 24.0 Å². The molecule has 1 aromatic rings. The Kier molecular flexibility index (Phi) is 4.81. The van der Waals surface area contributed by atoms with Gasteiger partial charge in [0.1, 0.15) is 17.1 Å². The third-order valence-electron chi connectivity index (χ3n) is 4.08. The first-order valence-corrected chi connectivity index (χ1v) is 8.29. The summed E-state index contributed by atoms with van der Waals surface area (Å²) in [5.41, 5.74) is -1.11. The Labute approximate surface area is 147 Å². The van der Waals surface area contributed by atoms with Crippen LogP contribution >= 0.6 is 12.6 Å². The van der Waals surface area contributed by atoms with Crippen molar-refractivity contribution in [1.82, 2.24) is 0 Å². The third kappa shape index (κ3) is 3.68. The molecule has 0 saturated heterocycles. The number of carbonyl (C=O) groups is 2. The van der Waals surface area contributed by atoms with Gasteiger partial charge in [-0.05, 0) is 25.0 Å². The maximum Gasteiger partial charge on any atom is 0.416 e. The summed E-state index contributed by atoms with van der Waals surface area (Å²) < 4.78 is 50.3. The van der Waals surface area contributed by atoms with Gasteiger partial charge in [0.05, 0.1) is 12.2 Å². The number of carbonyl (C=O) groups excluding carboxylic acids is 2. The Hall–Kier alpha value is -1.96. The Morgan fingerprint density at radius 3 is 2.72 bits per heavy atom. The van der Waals surface area contributed by atoms with Crippen molar-refractivity contribution in [3.05, 3.63) is 40.7 Å². The molecule has 1 heterocycles. The van der Waals surface area contributed by atoms with E-state index in [1.165, 1.54) is 6.08 Å². The summed E-state index contributed by atoms with van der Waals surface area (Å²) in [7, 11) is 0. The Bertz CT molecular complexity index is 755. The van der Waals surface area contributed by atoms with Crippen LogP contribution in [0.2, 0.25) is 0 Å². The fourth-order valence-electron chi connectivity index (χ4n) is 2.93. The minimum absolute atomic E-state index is 0.0966. The number of rotatable bonds is 2. The number of benzene rings is 1. The van der Waals surface area contributed by atoms with Crippen molar-refractivity contribution in [2.45, 2.75) is 37.1 Å². The highest BCUT2D eigenvalue weighted by Gasteiger charge is 2.39. The molecular formula is C17H15F3O4S. The van der Waals surface area contributed by atoms with Crippen molar-refractivity contribution in [3.63, 3.8) is 0 Å². The maximum atomic E-state index is 13.2. The van der Waals surface area contributed by atoms with Gasteiger partial charge in [0.2, 0.25) is 0 Å². The van der Waals surface area contributed by atoms with E-state index in [-0.39, 0.29) is 35.0 Å². The minimum atomic E-state index is -4.58. The summed E-state index contributed by atoms with van der Waals surface area (Å²) in [5.74, 6) is -0.912. The topological polar surface area (TPSA) is 52.6 Å². The maximum absolute atomic E-state index is 13.2. The Morgan fingerprint density at radius 2 is 2.04 bits per heavy atom. The van der Waals surface area contributed by atoms with Gasteiger partial charge in [-0.3, -0.25) is 4.79 Å². The van der Waals surface area contributed by atoms with E-state index in [1.807, 2.05) is 0 Å². The SMILES string of the molecule is O=C1C=C(OC(=O)c2ccc(C(F)(F)F)c3c2OCCC3S)CCC1. The van der Waals surface area contributed by atoms with Crippen LogP contribution in [0.5, 0.6) is 5.75 Å². The van der Waals surface area contributed by atoms with Crippen molar-refractivity contribution in [3.8, 4) is 5.75 Å². The highest BCUT2D eigenvalue weighted by molar-refractivity contribution is 7.80. The predicted octanol–water partition coefficient (Wildman–Crippen LogP) is 4.25. The van der Waals surface area contributed by atoms with Gasteiger partial charge in [0.15, 0.2) is 5.78 Å². The second-order valence-electron chi connectivity index (χ2n) is 5.87. The van der Waals surface area contributed by atoms with E-state index in [0.29, 0.717) is 25.7 Å². The molecule has 3 rings (SSSR count). The van der Waals surface area contributed by atoms with Crippen molar-refractivity contribution in [2.24, 2.45) is 0 Å². The first-order chi connectivity index (χ1) is 11.8. The molecule has 0 saturated carbocycles. The normalized spacial score (nSPS) is 20.4. The molecule has 1 aromatic carbocycles. The lowest BCUT2D eigenvalue weighted by Gasteiger charge is -2.27. The molecule has 0 N–H and O–H groups in total. The number of hydrogen-bond donors (Lipinski definition) is 1. The molecule has 134 valence electrons. The molecule has 4 nitrogen and oxygen atoms in total. The zero-order valence-corrected chi connectivity index (χ0v) is 14.0. The van der Waals surface area contributed by atoms with E-state index in [0.717, 1.165) is 12.1 Å². The fourth-order valence-corrected chi connectivity index (χ4v) is 3.29. The molecule has 0 spiro atoms. The van der Waals surface area contributed by atoms with E-state index >= 15 is 0 Å². The monoisotopic (exact) mass is 372 g/mol. The Balaban J connectivity index is 1.98. The molecule has 0 fully saturated rings. The second-order valence-corrected chi connectivity index (χ2v) is 6.50. The molecule has 0 amide bonds. The van der Waals surface area contributed by atoms with Crippen molar-refractivity contribution < 1.29 is 32.2 Å². The van der Waals surface area contributed by atoms with Gasteiger partial charge in [-0.25, -0.2) is 4.79 Å². The van der Waals surface area contributed by atoms with Crippen LogP contribution < -0.4 is 4.74 Å². The molecule has 2 aliphatic rings. The number of hydrogen-bond acceptors (Lipinski definition) is 5. The van der Waals surface area contributed by atoms with Crippen LogP contribution in [0.1, 0.15) is 52.4 Å². The standard InChI is InChI=1S/C17H15F3O4S/c18-17(19,20)12-5-4-11(15-14(12)13(25)6-7-23-15)16(22)24-10-3-1-2-9(21)8-10/h4-5,8,13,25H,1-3,6-7H2. The minimum Gasteiger partial charge on any atom is -0.492 e. The van der Waals surface area contributed by atoms with E-state index in [2.05, 4.69) is 12.6 Å². The molecule has 1 atom stereocenters. The molecule has 8 heteroatoms. The van der Waals surface area contributed by atoms with Gasteiger partial charge in [-0.2, -0.15) is 25.8 Å². The number of thiol groups is 1. The number of ketones is 1. The van der Waals surface area contributed by atoms with E-state index in [4.69, 9.17) is 9.47 Å². The van der Waals surface area contributed by atoms with Crippen LogP contribution in [-0.4, -0.2) is 18.4 Å². The lowest BCUT2D eigenvalue weighted by Crippen LogP contribution is -2.21. The fraction of sp³-hybridized carbons (Fsp3) is 0.412. The van der Waals surface area contributed by atoms with Crippen molar-refractivity contribution >= 4 is 24.4 Å². The van der Waals surface area contributed by atoms with Crippen LogP contribution in [0.4, 0.5) is 13.2 Å². The number of ether oxygens (including phenoxy) is 2. The summed E-state index contributed by atoms with van der Waals surface area (Å²) in [5, 5.41) is -0.691. The summed E-state index contributed by atoms with van der Waals surface area (Å²) in [6.07, 6.45) is -1.64. The predicted molar refractivity (Wildman–Crippen MR) is 85.6 cm³/mol. The molecule has 1 aliphatic heterocycles. The third-order valence-corrected chi connectivity index (χ3v) is 4.60. The average Bonchev–Trinajstić information content (AvgIpc) is 2.53. The number of alkyl halides is 3. The summed E-state index contributed by atoms with van der Waals surface area (Å²) in [4.78, 5) is 23.8. The van der Waals surface area contributed by atoms with E-state index < -0.39 is 23.0 Å². The zero-order valence-electron chi connectivity index (χ0n) is 13.1. The van der Waals surface area contributed by atoms with Gasteiger partial charge in [-0.15, -0.1) is 0 Å². The molecule has 0 bridgehead atoms. The number of allylic oxidation sites excluding steroid dienone is 2. The molecule has 1 unspecified atom stereocenters.